The van der Waals surface area contributed by atoms with Crippen LogP contribution >= 0.6 is 0 Å². The fraction of sp³-hybridized carbons (Fsp3) is 0.231. The number of hydrogen-bond donors (Lipinski definition) is 1. The van der Waals surface area contributed by atoms with Crippen LogP contribution in [0.4, 0.5) is 0 Å². The minimum absolute atomic E-state index is 0.143. The van der Waals surface area contributed by atoms with Crippen LogP contribution in [-0.2, 0) is 11.2 Å². The van der Waals surface area contributed by atoms with Crippen LogP contribution in [0.5, 0.6) is 0 Å². The van der Waals surface area contributed by atoms with Crippen molar-refractivity contribution in [3.8, 4) is 5.69 Å². The summed E-state index contributed by atoms with van der Waals surface area (Å²) in [6.07, 6.45) is 3.79. The summed E-state index contributed by atoms with van der Waals surface area (Å²) >= 11 is 0. The van der Waals surface area contributed by atoms with E-state index in [1.165, 1.54) is 0 Å². The van der Waals surface area contributed by atoms with Gasteiger partial charge in [-0.15, -0.1) is 0 Å². The number of carbonyl (C=O) groups is 1. The molecule has 0 spiro atoms. The van der Waals surface area contributed by atoms with Crippen molar-refractivity contribution >= 4 is 6.29 Å². The van der Waals surface area contributed by atoms with Crippen LogP contribution in [0.25, 0.3) is 5.69 Å². The fourth-order valence-electron chi connectivity index (χ4n) is 1.85. The Morgan fingerprint density at radius 1 is 1.41 bits per heavy atom. The second-order valence-electron chi connectivity index (χ2n) is 3.95. The lowest BCUT2D eigenvalue weighted by Crippen LogP contribution is -2.15. The third-order valence-corrected chi connectivity index (χ3v) is 2.68. The molecular weight excluding hydrogens is 216 g/mol. The maximum absolute atomic E-state index is 11.6. The van der Waals surface area contributed by atoms with Gasteiger partial charge in [-0.2, -0.15) is 0 Å². The Bertz CT molecular complexity index is 581. The number of aldehydes is 1. The number of imidazole rings is 1. The number of H-pyrrole nitrogens is 1. The Kier molecular flexibility index (Phi) is 3.23. The number of carbonyl (C=O) groups excluding carboxylic acids is 1. The van der Waals surface area contributed by atoms with Crippen molar-refractivity contribution in [3.05, 3.63) is 52.2 Å². The normalized spacial score (nSPS) is 10.4. The number of benzene rings is 1. The van der Waals surface area contributed by atoms with Gasteiger partial charge < -0.3 is 9.78 Å². The molecule has 0 atom stereocenters. The highest BCUT2D eigenvalue weighted by Crippen LogP contribution is 2.11. The summed E-state index contributed by atoms with van der Waals surface area (Å²) in [6, 6.07) is 7.67. The quantitative estimate of drug-likeness (QED) is 0.811. The van der Waals surface area contributed by atoms with Crippen molar-refractivity contribution in [2.45, 2.75) is 19.8 Å². The molecule has 1 heterocycles. The van der Waals surface area contributed by atoms with Gasteiger partial charge in [-0.25, -0.2) is 4.79 Å². The number of aromatic amines is 1. The summed E-state index contributed by atoms with van der Waals surface area (Å²) in [6.45, 7) is 1.87. The first-order valence-electron chi connectivity index (χ1n) is 5.52. The minimum atomic E-state index is -0.143. The third-order valence-electron chi connectivity index (χ3n) is 2.68. The van der Waals surface area contributed by atoms with Crippen LogP contribution in [0.1, 0.15) is 17.7 Å². The van der Waals surface area contributed by atoms with Gasteiger partial charge in [0.2, 0.25) is 0 Å². The number of aryl methyl sites for hydroxylation is 2. The van der Waals surface area contributed by atoms with Gasteiger partial charge in [-0.1, -0.05) is 12.1 Å². The number of nitrogens with zero attached hydrogens (tertiary/aromatic N) is 1. The molecule has 0 unspecified atom stereocenters. The standard InChI is InChI=1S/C13H14N2O2/c1-10-9-14-13(17)15(10)12-6-2-4-11(8-12)5-3-7-16/h2,4,6-9H,3,5H2,1H3,(H,14,17). The highest BCUT2D eigenvalue weighted by molar-refractivity contribution is 5.50. The van der Waals surface area contributed by atoms with E-state index in [0.717, 1.165) is 23.2 Å². The van der Waals surface area contributed by atoms with E-state index in [2.05, 4.69) is 4.98 Å². The molecule has 1 N–H and O–H groups in total. The van der Waals surface area contributed by atoms with Crippen LogP contribution in [0.3, 0.4) is 0 Å². The number of rotatable bonds is 4. The summed E-state index contributed by atoms with van der Waals surface area (Å²) in [5, 5.41) is 0. The number of nitrogens with one attached hydrogen (secondary N) is 1. The van der Waals surface area contributed by atoms with E-state index in [4.69, 9.17) is 0 Å². The van der Waals surface area contributed by atoms with Gasteiger partial charge in [0.25, 0.3) is 0 Å². The lowest BCUT2D eigenvalue weighted by molar-refractivity contribution is -0.107. The van der Waals surface area contributed by atoms with Crippen LogP contribution in [-0.4, -0.2) is 15.8 Å². The smallest absolute Gasteiger partial charge is 0.312 e. The third kappa shape index (κ3) is 2.36. The molecule has 0 aliphatic carbocycles. The molecule has 2 rings (SSSR count). The van der Waals surface area contributed by atoms with Crippen molar-refractivity contribution in [2.24, 2.45) is 0 Å². The monoisotopic (exact) mass is 230 g/mol. The maximum atomic E-state index is 11.6. The van der Waals surface area contributed by atoms with Crippen LogP contribution in [0, 0.1) is 6.92 Å². The molecule has 1 aromatic carbocycles. The second kappa shape index (κ2) is 4.82. The van der Waals surface area contributed by atoms with Crippen molar-refractivity contribution in [1.29, 1.82) is 0 Å². The van der Waals surface area contributed by atoms with Crippen molar-refractivity contribution in [2.75, 3.05) is 0 Å². The molecule has 17 heavy (non-hydrogen) atoms. The molecule has 4 nitrogen and oxygen atoms in total. The molecule has 0 saturated carbocycles. The van der Waals surface area contributed by atoms with Gasteiger partial charge in [0.15, 0.2) is 0 Å². The van der Waals surface area contributed by atoms with Crippen molar-refractivity contribution in [1.82, 2.24) is 9.55 Å². The summed E-state index contributed by atoms with van der Waals surface area (Å²) < 4.78 is 1.62. The molecule has 0 fully saturated rings. The molecule has 4 heteroatoms. The molecular formula is C13H14N2O2. The predicted octanol–water partition coefficient (Wildman–Crippen LogP) is 1.61. The molecule has 0 bridgehead atoms. The Hall–Kier alpha value is -2.10. The van der Waals surface area contributed by atoms with Gasteiger partial charge in [0.1, 0.15) is 6.29 Å². The lowest BCUT2D eigenvalue weighted by Gasteiger charge is -2.06. The van der Waals surface area contributed by atoms with E-state index in [0.29, 0.717) is 12.8 Å². The maximum Gasteiger partial charge on any atom is 0.330 e. The first kappa shape index (κ1) is 11.4. The molecule has 0 radical (unpaired) electrons. The van der Waals surface area contributed by atoms with Gasteiger partial charge >= 0.3 is 5.69 Å². The lowest BCUT2D eigenvalue weighted by atomic mass is 10.1. The van der Waals surface area contributed by atoms with Gasteiger partial charge in [0, 0.05) is 18.3 Å². The second-order valence-corrected chi connectivity index (χ2v) is 3.95. The highest BCUT2D eigenvalue weighted by Gasteiger charge is 2.05. The Labute approximate surface area is 98.9 Å². The average molecular weight is 230 g/mol. The molecule has 2 aromatic rings. The molecule has 88 valence electrons. The van der Waals surface area contributed by atoms with Crippen LogP contribution in [0.15, 0.2) is 35.3 Å². The largest absolute Gasteiger partial charge is 0.330 e. The van der Waals surface area contributed by atoms with E-state index in [1.807, 2.05) is 31.2 Å². The zero-order valence-electron chi connectivity index (χ0n) is 9.64. The Morgan fingerprint density at radius 2 is 2.24 bits per heavy atom. The van der Waals surface area contributed by atoms with Gasteiger partial charge in [-0.05, 0) is 31.0 Å². The first-order valence-corrected chi connectivity index (χ1v) is 5.52. The molecule has 1 aromatic heterocycles. The highest BCUT2D eigenvalue weighted by atomic mass is 16.1. The summed E-state index contributed by atoms with van der Waals surface area (Å²) in [5.41, 5.74) is 2.61. The first-order chi connectivity index (χ1) is 8.22. The van der Waals surface area contributed by atoms with Gasteiger partial charge in [-0.3, -0.25) is 4.57 Å². The average Bonchev–Trinajstić information content (AvgIpc) is 2.67. The topological polar surface area (TPSA) is 54.9 Å². The van der Waals surface area contributed by atoms with Crippen LogP contribution in [0.2, 0.25) is 0 Å². The SMILES string of the molecule is Cc1c[nH]c(=O)n1-c1cccc(CCC=O)c1. The van der Waals surface area contributed by atoms with Gasteiger partial charge in [0.05, 0.1) is 5.69 Å². The molecule has 0 aliphatic heterocycles. The van der Waals surface area contributed by atoms with Crippen molar-refractivity contribution < 1.29 is 4.79 Å². The van der Waals surface area contributed by atoms with Crippen molar-refractivity contribution in [3.63, 3.8) is 0 Å². The summed E-state index contributed by atoms with van der Waals surface area (Å²) in [7, 11) is 0. The van der Waals surface area contributed by atoms with E-state index in [-0.39, 0.29) is 5.69 Å². The number of hydrogen-bond acceptors (Lipinski definition) is 2. The molecule has 0 saturated heterocycles. The minimum Gasteiger partial charge on any atom is -0.312 e. The predicted molar refractivity (Wildman–Crippen MR) is 65.5 cm³/mol. The van der Waals surface area contributed by atoms with E-state index < -0.39 is 0 Å². The Morgan fingerprint density at radius 3 is 2.88 bits per heavy atom. The number of aromatic nitrogens is 2. The molecule has 0 aliphatic rings. The van der Waals surface area contributed by atoms with E-state index in [9.17, 15) is 9.59 Å². The zero-order chi connectivity index (χ0) is 12.3. The van der Waals surface area contributed by atoms with E-state index in [1.54, 1.807) is 10.8 Å². The summed E-state index contributed by atoms with van der Waals surface area (Å²) in [5.74, 6) is 0. The summed E-state index contributed by atoms with van der Waals surface area (Å²) in [4.78, 5) is 24.6. The fourth-order valence-corrected chi connectivity index (χ4v) is 1.85. The van der Waals surface area contributed by atoms with Crippen LogP contribution < -0.4 is 5.69 Å². The Balaban J connectivity index is 2.39. The molecule has 0 amide bonds. The zero-order valence-corrected chi connectivity index (χ0v) is 9.64. The van der Waals surface area contributed by atoms with E-state index >= 15 is 0 Å².